The molecule has 2 N–H and O–H groups in total. The van der Waals surface area contributed by atoms with E-state index in [0.29, 0.717) is 37.7 Å². The smallest absolute Gasteiger partial charge is 0.233 e. The van der Waals surface area contributed by atoms with Crippen molar-refractivity contribution in [3.8, 4) is 5.75 Å². The molecule has 0 spiro atoms. The lowest BCUT2D eigenvalue weighted by Crippen LogP contribution is -2.39. The van der Waals surface area contributed by atoms with Crippen molar-refractivity contribution in [1.29, 1.82) is 0 Å². The number of carbonyl (C=O) groups excluding carboxylic acids is 1. The van der Waals surface area contributed by atoms with Gasteiger partial charge in [0.15, 0.2) is 0 Å². The van der Waals surface area contributed by atoms with Gasteiger partial charge in [-0.05, 0) is 6.07 Å². The molecule has 1 atom stereocenters. The number of hydrogen-bond acceptors (Lipinski definition) is 4. The number of benzene rings is 1. The molecule has 1 aromatic carbocycles. The van der Waals surface area contributed by atoms with Crippen LogP contribution in [0.3, 0.4) is 0 Å². The molecule has 0 fully saturated rings. The highest BCUT2D eigenvalue weighted by Crippen LogP contribution is 2.34. The number of thiocarbonyl (C=S) groups is 1. The third kappa shape index (κ3) is 3.92. The fourth-order valence-corrected chi connectivity index (χ4v) is 2.46. The van der Waals surface area contributed by atoms with Crippen LogP contribution in [0.1, 0.15) is 17.9 Å². The highest BCUT2D eigenvalue weighted by Gasteiger charge is 2.32. The zero-order valence-electron chi connectivity index (χ0n) is 12.1. The molecule has 0 radical (unpaired) electrons. The predicted molar refractivity (Wildman–Crippen MR) is 84.5 cm³/mol. The van der Waals surface area contributed by atoms with Crippen LogP contribution in [0.4, 0.5) is 0 Å². The number of carbonyl (C=O) groups is 1. The minimum Gasteiger partial charge on any atom is -0.492 e. The van der Waals surface area contributed by atoms with E-state index in [1.54, 1.807) is 12.0 Å². The van der Waals surface area contributed by atoms with Gasteiger partial charge in [-0.25, -0.2) is 0 Å². The lowest BCUT2D eigenvalue weighted by atomic mass is 9.99. The van der Waals surface area contributed by atoms with E-state index in [0.717, 1.165) is 11.3 Å². The topological polar surface area (TPSA) is 64.8 Å². The number of methoxy groups -OCH3 is 1. The quantitative estimate of drug-likeness (QED) is 0.770. The first-order chi connectivity index (χ1) is 10.1. The molecule has 2 rings (SSSR count). The van der Waals surface area contributed by atoms with Crippen molar-refractivity contribution in [2.24, 2.45) is 5.73 Å². The summed E-state index contributed by atoms with van der Waals surface area (Å²) in [5.74, 6) is 0.564. The molecule has 0 saturated carbocycles. The molecule has 1 aromatic rings. The third-order valence-electron chi connectivity index (χ3n) is 3.50. The van der Waals surface area contributed by atoms with Gasteiger partial charge in [-0.3, -0.25) is 4.79 Å². The van der Waals surface area contributed by atoms with E-state index in [4.69, 9.17) is 27.4 Å². The van der Waals surface area contributed by atoms with Crippen LogP contribution in [0, 0.1) is 0 Å². The SMILES string of the molecule is COCCN(CCC(N)=S)C(=O)C1COc2ccccc21. The van der Waals surface area contributed by atoms with Gasteiger partial charge in [-0.15, -0.1) is 0 Å². The summed E-state index contributed by atoms with van der Waals surface area (Å²) in [6, 6.07) is 7.65. The zero-order chi connectivity index (χ0) is 15.2. The van der Waals surface area contributed by atoms with Crippen LogP contribution in [-0.4, -0.2) is 49.2 Å². The standard InChI is InChI=1S/C15H20N2O3S/c1-19-9-8-17(7-6-14(16)21)15(18)12-10-20-13-5-3-2-4-11(12)13/h2-5,12H,6-10H2,1H3,(H2,16,21). The monoisotopic (exact) mass is 308 g/mol. The Bertz CT molecular complexity index is 521. The molecule has 1 amide bonds. The van der Waals surface area contributed by atoms with E-state index in [1.807, 2.05) is 24.3 Å². The maximum Gasteiger partial charge on any atom is 0.233 e. The number of ether oxygens (including phenoxy) is 2. The molecular formula is C15H20N2O3S. The number of rotatable bonds is 7. The number of para-hydroxylation sites is 1. The van der Waals surface area contributed by atoms with Crippen molar-refractivity contribution in [3.63, 3.8) is 0 Å². The first-order valence-electron chi connectivity index (χ1n) is 6.91. The molecule has 0 aliphatic carbocycles. The number of hydrogen-bond donors (Lipinski definition) is 1. The van der Waals surface area contributed by atoms with Crippen LogP contribution in [-0.2, 0) is 9.53 Å². The van der Waals surface area contributed by atoms with E-state index < -0.39 is 0 Å². The Labute approximate surface area is 130 Å². The van der Waals surface area contributed by atoms with Gasteiger partial charge < -0.3 is 20.1 Å². The van der Waals surface area contributed by atoms with Crippen LogP contribution in [0.25, 0.3) is 0 Å². The third-order valence-corrected chi connectivity index (χ3v) is 3.71. The zero-order valence-corrected chi connectivity index (χ0v) is 12.9. The van der Waals surface area contributed by atoms with Gasteiger partial charge in [0.25, 0.3) is 0 Å². The molecule has 0 saturated heterocycles. The summed E-state index contributed by atoms with van der Waals surface area (Å²) in [5, 5.41) is 0. The Morgan fingerprint density at radius 2 is 2.24 bits per heavy atom. The van der Waals surface area contributed by atoms with Crippen molar-refractivity contribution in [2.45, 2.75) is 12.3 Å². The Balaban J connectivity index is 2.09. The van der Waals surface area contributed by atoms with Gasteiger partial charge in [-0.2, -0.15) is 0 Å². The Morgan fingerprint density at radius 3 is 2.95 bits per heavy atom. The molecule has 21 heavy (non-hydrogen) atoms. The summed E-state index contributed by atoms with van der Waals surface area (Å²) < 4.78 is 10.7. The molecule has 1 aliphatic heterocycles. The summed E-state index contributed by atoms with van der Waals surface area (Å²) in [7, 11) is 1.62. The van der Waals surface area contributed by atoms with E-state index in [1.165, 1.54) is 0 Å². The van der Waals surface area contributed by atoms with Crippen LogP contribution in [0.2, 0.25) is 0 Å². The Hall–Kier alpha value is -1.66. The summed E-state index contributed by atoms with van der Waals surface area (Å²) in [4.78, 5) is 14.9. The summed E-state index contributed by atoms with van der Waals surface area (Å²) in [6.45, 7) is 1.90. The molecular weight excluding hydrogens is 288 g/mol. The average molecular weight is 308 g/mol. The second kappa shape index (κ2) is 7.38. The second-order valence-corrected chi connectivity index (χ2v) is 5.46. The highest BCUT2D eigenvalue weighted by molar-refractivity contribution is 7.80. The molecule has 114 valence electrons. The maximum absolute atomic E-state index is 12.7. The normalized spacial score (nSPS) is 16.1. The molecule has 6 heteroatoms. The number of nitrogens with two attached hydrogens (primary N) is 1. The molecule has 0 aromatic heterocycles. The first kappa shape index (κ1) is 15.7. The number of fused-ring (bicyclic) bond motifs is 1. The fraction of sp³-hybridized carbons (Fsp3) is 0.467. The van der Waals surface area contributed by atoms with Crippen molar-refractivity contribution >= 4 is 23.1 Å². The highest BCUT2D eigenvalue weighted by atomic mass is 32.1. The number of nitrogens with zero attached hydrogens (tertiary/aromatic N) is 1. The maximum atomic E-state index is 12.7. The van der Waals surface area contributed by atoms with Gasteiger partial charge in [0.2, 0.25) is 5.91 Å². The van der Waals surface area contributed by atoms with E-state index in [2.05, 4.69) is 0 Å². The second-order valence-electron chi connectivity index (χ2n) is 4.94. The van der Waals surface area contributed by atoms with Gasteiger partial charge in [0.05, 0.1) is 11.6 Å². The molecule has 1 unspecified atom stereocenters. The Morgan fingerprint density at radius 1 is 1.48 bits per heavy atom. The van der Waals surface area contributed by atoms with Crippen LogP contribution in [0.15, 0.2) is 24.3 Å². The predicted octanol–water partition coefficient (Wildman–Crippen LogP) is 1.31. The molecule has 1 heterocycles. The van der Waals surface area contributed by atoms with E-state index in [9.17, 15) is 4.79 Å². The summed E-state index contributed by atoms with van der Waals surface area (Å²) in [6.07, 6.45) is 0.514. The van der Waals surface area contributed by atoms with Crippen molar-refractivity contribution < 1.29 is 14.3 Å². The largest absolute Gasteiger partial charge is 0.492 e. The van der Waals surface area contributed by atoms with Gasteiger partial charge >= 0.3 is 0 Å². The van der Waals surface area contributed by atoms with Crippen LogP contribution >= 0.6 is 12.2 Å². The van der Waals surface area contributed by atoms with Crippen molar-refractivity contribution in [3.05, 3.63) is 29.8 Å². The fourth-order valence-electron chi connectivity index (χ4n) is 2.37. The van der Waals surface area contributed by atoms with Gasteiger partial charge in [-0.1, -0.05) is 30.4 Å². The summed E-state index contributed by atoms with van der Waals surface area (Å²) >= 11 is 4.89. The van der Waals surface area contributed by atoms with Crippen LogP contribution in [0.5, 0.6) is 5.75 Å². The molecule has 0 bridgehead atoms. The van der Waals surface area contributed by atoms with E-state index in [-0.39, 0.29) is 11.8 Å². The summed E-state index contributed by atoms with van der Waals surface area (Å²) in [5.41, 5.74) is 6.48. The lowest BCUT2D eigenvalue weighted by molar-refractivity contribution is -0.133. The van der Waals surface area contributed by atoms with Gasteiger partial charge in [0, 0.05) is 32.2 Å². The van der Waals surface area contributed by atoms with E-state index >= 15 is 0 Å². The first-order valence-corrected chi connectivity index (χ1v) is 7.32. The molecule has 5 nitrogen and oxygen atoms in total. The average Bonchev–Trinajstić information content (AvgIpc) is 2.90. The van der Waals surface area contributed by atoms with Gasteiger partial charge in [0.1, 0.15) is 18.3 Å². The van der Waals surface area contributed by atoms with Crippen LogP contribution < -0.4 is 10.5 Å². The Kier molecular flexibility index (Phi) is 5.52. The minimum absolute atomic E-state index is 0.0354. The number of amides is 1. The van der Waals surface area contributed by atoms with Crippen molar-refractivity contribution in [2.75, 3.05) is 33.4 Å². The minimum atomic E-state index is -0.260. The van der Waals surface area contributed by atoms with Crippen molar-refractivity contribution in [1.82, 2.24) is 4.90 Å². The molecule has 1 aliphatic rings. The lowest BCUT2D eigenvalue weighted by Gasteiger charge is -2.25.